The van der Waals surface area contributed by atoms with Gasteiger partial charge in [-0.05, 0) is 70.6 Å². The Morgan fingerprint density at radius 3 is 0.820 bits per heavy atom. The van der Waals surface area contributed by atoms with Crippen molar-refractivity contribution in [3.8, 4) is 0 Å². The number of carbonyl (C=O) groups is 3. The molecule has 0 saturated heterocycles. The van der Waals surface area contributed by atoms with Crippen LogP contribution in [0.4, 0.5) is 0 Å². The van der Waals surface area contributed by atoms with Gasteiger partial charge in [-0.15, -0.1) is 0 Å². The van der Waals surface area contributed by atoms with Gasteiger partial charge in [0.1, 0.15) is 13.2 Å². The summed E-state index contributed by atoms with van der Waals surface area (Å²) in [6.07, 6.45) is 57.3. The maximum absolute atomic E-state index is 12.8. The highest BCUT2D eigenvalue weighted by molar-refractivity contribution is 5.71. The van der Waals surface area contributed by atoms with E-state index in [0.29, 0.717) is 19.3 Å². The van der Waals surface area contributed by atoms with Gasteiger partial charge in [-0.1, -0.05) is 225 Å². The fraction of sp³-hybridized carbons (Fsp3) is 0.873. The van der Waals surface area contributed by atoms with Crippen molar-refractivity contribution in [2.24, 2.45) is 0 Å². The summed E-state index contributed by atoms with van der Waals surface area (Å²) in [4.78, 5) is 38.0. The summed E-state index contributed by atoms with van der Waals surface area (Å²) in [7, 11) is 0. The largest absolute Gasteiger partial charge is 0.462 e. The van der Waals surface area contributed by atoms with Crippen LogP contribution in [0.3, 0.4) is 0 Å². The topological polar surface area (TPSA) is 78.9 Å². The highest BCUT2D eigenvalue weighted by Crippen LogP contribution is 2.15. The molecule has 0 rings (SSSR count). The average Bonchev–Trinajstić information content (AvgIpc) is 3.26. The van der Waals surface area contributed by atoms with Crippen LogP contribution in [0.5, 0.6) is 0 Å². The number of unbranched alkanes of at least 4 members (excludes halogenated alkanes) is 34. The van der Waals surface area contributed by atoms with E-state index in [4.69, 9.17) is 14.2 Å². The van der Waals surface area contributed by atoms with Crippen LogP contribution < -0.4 is 0 Å². The van der Waals surface area contributed by atoms with Gasteiger partial charge in [0.25, 0.3) is 0 Å². The third kappa shape index (κ3) is 48.8. The molecule has 61 heavy (non-hydrogen) atoms. The van der Waals surface area contributed by atoms with Gasteiger partial charge in [0.2, 0.25) is 0 Å². The van der Waals surface area contributed by atoms with Crippen molar-refractivity contribution < 1.29 is 28.6 Å². The first kappa shape index (κ1) is 58.9. The lowest BCUT2D eigenvalue weighted by molar-refractivity contribution is -0.167. The Bertz CT molecular complexity index is 989. The number of hydrogen-bond donors (Lipinski definition) is 0. The lowest BCUT2D eigenvalue weighted by atomic mass is 10.0. The van der Waals surface area contributed by atoms with Crippen molar-refractivity contribution in [2.45, 2.75) is 297 Å². The highest BCUT2D eigenvalue weighted by atomic mass is 16.6. The minimum absolute atomic E-state index is 0.0734. The summed E-state index contributed by atoms with van der Waals surface area (Å²) >= 11 is 0. The van der Waals surface area contributed by atoms with Gasteiger partial charge in [0, 0.05) is 19.3 Å². The molecule has 0 aliphatic carbocycles. The normalized spacial score (nSPS) is 12.1. The Labute approximate surface area is 379 Å². The number of rotatable bonds is 49. The molecule has 0 amide bonds. The smallest absolute Gasteiger partial charge is 0.306 e. The third-order valence-electron chi connectivity index (χ3n) is 11.9. The molecular formula is C55H102O6. The molecule has 0 aromatic carbocycles. The van der Waals surface area contributed by atoms with E-state index >= 15 is 0 Å². The molecule has 6 nitrogen and oxygen atoms in total. The lowest BCUT2D eigenvalue weighted by Crippen LogP contribution is -2.30. The van der Waals surface area contributed by atoms with Gasteiger partial charge in [0.05, 0.1) is 0 Å². The van der Waals surface area contributed by atoms with E-state index in [0.717, 1.165) is 70.6 Å². The predicted octanol–water partition coefficient (Wildman–Crippen LogP) is 17.5. The predicted molar refractivity (Wildman–Crippen MR) is 261 cm³/mol. The van der Waals surface area contributed by atoms with Crippen LogP contribution in [0.1, 0.15) is 290 Å². The van der Waals surface area contributed by atoms with Crippen LogP contribution in [0, 0.1) is 0 Å². The Balaban J connectivity index is 4.36. The van der Waals surface area contributed by atoms with Crippen LogP contribution >= 0.6 is 0 Å². The molecule has 0 N–H and O–H groups in total. The summed E-state index contributed by atoms with van der Waals surface area (Å²) in [6, 6.07) is 0. The van der Waals surface area contributed by atoms with Gasteiger partial charge in [-0.3, -0.25) is 14.4 Å². The standard InChI is InChI=1S/C55H102O6/c1-4-7-10-13-16-19-22-25-27-28-31-33-36-39-42-45-48-54(57)60-51-52(50-59-53(56)47-44-41-38-35-32-29-24-21-18-15-12-9-6-3)61-55(58)49-46-43-40-37-34-30-26-23-20-17-14-11-8-5-2/h23,26-28,52H,4-22,24-25,29-51H2,1-3H3/b26-23-,28-27-. The minimum atomic E-state index is -0.774. The van der Waals surface area contributed by atoms with E-state index in [9.17, 15) is 14.4 Å². The second kappa shape index (κ2) is 50.5. The molecule has 0 spiro atoms. The molecule has 0 bridgehead atoms. The van der Waals surface area contributed by atoms with E-state index < -0.39 is 6.10 Å². The quantitative estimate of drug-likeness (QED) is 0.0262. The van der Waals surface area contributed by atoms with Crippen molar-refractivity contribution in [2.75, 3.05) is 13.2 Å². The monoisotopic (exact) mass is 859 g/mol. The summed E-state index contributed by atoms with van der Waals surface area (Å²) in [6.45, 7) is 6.64. The summed E-state index contributed by atoms with van der Waals surface area (Å²) in [5, 5.41) is 0. The molecular weight excluding hydrogens is 757 g/mol. The molecule has 0 aromatic rings. The van der Waals surface area contributed by atoms with E-state index in [1.165, 1.54) is 180 Å². The lowest BCUT2D eigenvalue weighted by Gasteiger charge is -2.18. The number of carbonyl (C=O) groups excluding carboxylic acids is 3. The van der Waals surface area contributed by atoms with Gasteiger partial charge in [0.15, 0.2) is 6.10 Å². The van der Waals surface area contributed by atoms with E-state index in [1.54, 1.807) is 0 Å². The Kier molecular flexibility index (Phi) is 48.8. The maximum atomic E-state index is 12.8. The number of ether oxygens (including phenoxy) is 3. The first-order valence-corrected chi connectivity index (χ1v) is 26.8. The highest BCUT2D eigenvalue weighted by Gasteiger charge is 2.19. The molecule has 0 aliphatic rings. The van der Waals surface area contributed by atoms with Crippen LogP contribution in [0.25, 0.3) is 0 Å². The van der Waals surface area contributed by atoms with Gasteiger partial charge in [-0.25, -0.2) is 0 Å². The second-order valence-electron chi connectivity index (χ2n) is 18.1. The zero-order chi connectivity index (χ0) is 44.4. The summed E-state index contributed by atoms with van der Waals surface area (Å²) < 4.78 is 16.8. The van der Waals surface area contributed by atoms with E-state index in [-0.39, 0.29) is 31.1 Å². The first-order chi connectivity index (χ1) is 30.0. The first-order valence-electron chi connectivity index (χ1n) is 26.8. The number of allylic oxidation sites excluding steroid dienone is 4. The Hall–Kier alpha value is -2.11. The van der Waals surface area contributed by atoms with Crippen LogP contribution in [0.2, 0.25) is 0 Å². The van der Waals surface area contributed by atoms with Gasteiger partial charge in [-0.2, -0.15) is 0 Å². The van der Waals surface area contributed by atoms with Crippen molar-refractivity contribution in [1.29, 1.82) is 0 Å². The number of esters is 3. The fourth-order valence-corrected chi connectivity index (χ4v) is 7.84. The molecule has 1 unspecified atom stereocenters. The van der Waals surface area contributed by atoms with E-state index in [2.05, 4.69) is 45.1 Å². The molecule has 0 aliphatic heterocycles. The molecule has 1 atom stereocenters. The Morgan fingerprint density at radius 1 is 0.311 bits per heavy atom. The zero-order valence-electron chi connectivity index (χ0n) is 40.9. The molecule has 0 heterocycles. The fourth-order valence-electron chi connectivity index (χ4n) is 7.84. The minimum Gasteiger partial charge on any atom is -0.462 e. The summed E-state index contributed by atoms with van der Waals surface area (Å²) in [5.74, 6) is -0.876. The molecule has 0 radical (unpaired) electrons. The van der Waals surface area contributed by atoms with Gasteiger partial charge >= 0.3 is 17.9 Å². The van der Waals surface area contributed by atoms with Crippen molar-refractivity contribution in [3.63, 3.8) is 0 Å². The number of hydrogen-bond acceptors (Lipinski definition) is 6. The van der Waals surface area contributed by atoms with Crippen LogP contribution in [-0.2, 0) is 28.6 Å². The molecule has 0 aromatic heterocycles. The van der Waals surface area contributed by atoms with Crippen LogP contribution in [0.15, 0.2) is 24.3 Å². The zero-order valence-corrected chi connectivity index (χ0v) is 40.9. The molecule has 0 saturated carbocycles. The SMILES string of the molecule is CCCCCCC/C=C\CCCCCCCC(=O)OC(COC(=O)CCCCCCC/C=C\CCCCCCCCC)COC(=O)CCCCCCCCCCCCCCC. The molecule has 0 fully saturated rings. The van der Waals surface area contributed by atoms with Crippen molar-refractivity contribution in [1.82, 2.24) is 0 Å². The maximum Gasteiger partial charge on any atom is 0.306 e. The average molecular weight is 859 g/mol. The van der Waals surface area contributed by atoms with Gasteiger partial charge < -0.3 is 14.2 Å². The Morgan fingerprint density at radius 2 is 0.541 bits per heavy atom. The van der Waals surface area contributed by atoms with Crippen molar-refractivity contribution >= 4 is 17.9 Å². The second-order valence-corrected chi connectivity index (χ2v) is 18.1. The molecule has 6 heteroatoms. The van der Waals surface area contributed by atoms with Crippen LogP contribution in [-0.4, -0.2) is 37.2 Å². The third-order valence-corrected chi connectivity index (χ3v) is 11.9. The summed E-state index contributed by atoms with van der Waals surface area (Å²) in [5.41, 5.74) is 0. The molecule has 358 valence electrons. The van der Waals surface area contributed by atoms with Crippen molar-refractivity contribution in [3.05, 3.63) is 24.3 Å². The van der Waals surface area contributed by atoms with E-state index in [1.807, 2.05) is 0 Å².